The Hall–Kier alpha value is -3.26. The van der Waals surface area contributed by atoms with Crippen molar-refractivity contribution in [2.75, 3.05) is 6.54 Å². The lowest BCUT2D eigenvalue weighted by molar-refractivity contribution is -0.129. The van der Waals surface area contributed by atoms with Gasteiger partial charge in [0.15, 0.2) is 0 Å². The molecule has 1 aliphatic rings. The molecule has 0 radical (unpaired) electrons. The Balaban J connectivity index is 1.47. The standard InChI is InChI=1S/C23H28FN5O2/c1-13-3-6-17(9-19(13)24)18-10-20(27-12-18)23(31)29-14(2)22(30)28-11-15-4-7-16(8-5-15)21(25)26/h3-9,14,18,20,27H,10-12H2,1-2H3,(H3,25,26)(H,28,30)(H,29,31)/t14-,18?,20?/m0/s1. The fourth-order valence-corrected chi connectivity index (χ4v) is 3.58. The van der Waals surface area contributed by atoms with Crippen LogP contribution in [0, 0.1) is 18.2 Å². The third-order valence-electron chi connectivity index (χ3n) is 5.60. The van der Waals surface area contributed by atoms with Crippen LogP contribution in [0.25, 0.3) is 0 Å². The second kappa shape index (κ2) is 9.70. The van der Waals surface area contributed by atoms with Gasteiger partial charge in [0.2, 0.25) is 11.8 Å². The van der Waals surface area contributed by atoms with Crippen molar-refractivity contribution in [3.63, 3.8) is 0 Å². The van der Waals surface area contributed by atoms with Crippen LogP contribution in [0.1, 0.15) is 41.5 Å². The number of nitrogens with two attached hydrogens (primary N) is 1. The summed E-state index contributed by atoms with van der Waals surface area (Å²) < 4.78 is 13.8. The van der Waals surface area contributed by atoms with Gasteiger partial charge in [0.25, 0.3) is 0 Å². The van der Waals surface area contributed by atoms with E-state index in [0.717, 1.165) is 11.1 Å². The van der Waals surface area contributed by atoms with Gasteiger partial charge in [-0.05, 0) is 48.9 Å². The highest BCUT2D eigenvalue weighted by atomic mass is 19.1. The van der Waals surface area contributed by atoms with Crippen molar-refractivity contribution in [2.45, 2.75) is 44.8 Å². The van der Waals surface area contributed by atoms with E-state index in [0.29, 0.717) is 30.6 Å². The van der Waals surface area contributed by atoms with Crippen molar-refractivity contribution in [2.24, 2.45) is 5.73 Å². The van der Waals surface area contributed by atoms with Crippen LogP contribution in [0.5, 0.6) is 0 Å². The first kappa shape index (κ1) is 22.4. The molecule has 3 atom stereocenters. The van der Waals surface area contributed by atoms with Crippen LogP contribution >= 0.6 is 0 Å². The number of hydrogen-bond donors (Lipinski definition) is 5. The molecule has 1 saturated heterocycles. The maximum absolute atomic E-state index is 13.8. The SMILES string of the molecule is Cc1ccc(C2CNC(C(=O)N[C@@H](C)C(=O)NCc3ccc(C(=N)N)cc3)C2)cc1F. The van der Waals surface area contributed by atoms with Gasteiger partial charge in [-0.3, -0.25) is 15.0 Å². The third kappa shape index (κ3) is 5.67. The average Bonchev–Trinajstić information content (AvgIpc) is 3.24. The molecule has 2 aromatic rings. The number of hydrogen-bond acceptors (Lipinski definition) is 4. The summed E-state index contributed by atoms with van der Waals surface area (Å²) >= 11 is 0. The van der Waals surface area contributed by atoms with Gasteiger partial charge in [0.05, 0.1) is 6.04 Å². The summed E-state index contributed by atoms with van der Waals surface area (Å²) in [7, 11) is 0. The van der Waals surface area contributed by atoms with Gasteiger partial charge in [0, 0.05) is 18.7 Å². The lowest BCUT2D eigenvalue weighted by Crippen LogP contribution is -2.49. The number of amides is 2. The summed E-state index contributed by atoms with van der Waals surface area (Å²) in [5.41, 5.74) is 8.37. The number of nitrogen functional groups attached to an aromatic ring is 1. The molecule has 31 heavy (non-hydrogen) atoms. The minimum absolute atomic E-state index is 0.0119. The molecule has 8 heteroatoms. The predicted octanol–water partition coefficient (Wildman–Crippen LogP) is 1.68. The number of amidine groups is 1. The number of carbonyl (C=O) groups excluding carboxylic acids is 2. The fraction of sp³-hybridized carbons (Fsp3) is 0.348. The van der Waals surface area contributed by atoms with Gasteiger partial charge < -0.3 is 21.7 Å². The Bertz CT molecular complexity index is 976. The van der Waals surface area contributed by atoms with Crippen LogP contribution in [-0.2, 0) is 16.1 Å². The summed E-state index contributed by atoms with van der Waals surface area (Å²) in [5, 5.41) is 16.1. The Kier molecular flexibility index (Phi) is 7.02. The molecule has 1 aliphatic heterocycles. The van der Waals surface area contributed by atoms with E-state index < -0.39 is 12.1 Å². The number of nitrogens with one attached hydrogen (secondary N) is 4. The molecule has 2 aromatic carbocycles. The summed E-state index contributed by atoms with van der Waals surface area (Å²) in [6.07, 6.45) is 0.547. The number of carbonyl (C=O) groups is 2. The van der Waals surface area contributed by atoms with Crippen molar-refractivity contribution >= 4 is 17.6 Å². The van der Waals surface area contributed by atoms with E-state index in [1.807, 2.05) is 6.07 Å². The molecule has 7 nitrogen and oxygen atoms in total. The zero-order valence-corrected chi connectivity index (χ0v) is 17.7. The van der Waals surface area contributed by atoms with Crippen LogP contribution in [0.15, 0.2) is 42.5 Å². The quantitative estimate of drug-likeness (QED) is 0.342. The highest BCUT2D eigenvalue weighted by Gasteiger charge is 2.31. The van der Waals surface area contributed by atoms with E-state index >= 15 is 0 Å². The lowest BCUT2D eigenvalue weighted by atomic mass is 9.95. The molecule has 2 unspecified atom stereocenters. The molecule has 1 fully saturated rings. The fourth-order valence-electron chi connectivity index (χ4n) is 3.58. The van der Waals surface area contributed by atoms with Crippen LogP contribution in [0.4, 0.5) is 4.39 Å². The van der Waals surface area contributed by atoms with Crippen molar-refractivity contribution in [1.29, 1.82) is 5.41 Å². The largest absolute Gasteiger partial charge is 0.384 e. The van der Waals surface area contributed by atoms with E-state index in [2.05, 4.69) is 16.0 Å². The van der Waals surface area contributed by atoms with Gasteiger partial charge in [-0.1, -0.05) is 36.4 Å². The summed E-state index contributed by atoms with van der Waals surface area (Å²) in [6.45, 7) is 4.24. The van der Waals surface area contributed by atoms with Crippen LogP contribution in [0.3, 0.4) is 0 Å². The maximum atomic E-state index is 13.8. The molecule has 0 spiro atoms. The van der Waals surface area contributed by atoms with Gasteiger partial charge >= 0.3 is 0 Å². The van der Waals surface area contributed by atoms with Crippen molar-refractivity contribution < 1.29 is 14.0 Å². The number of aryl methyl sites for hydroxylation is 1. The first-order valence-corrected chi connectivity index (χ1v) is 10.3. The molecule has 0 saturated carbocycles. The number of halogens is 1. The van der Waals surface area contributed by atoms with Crippen LogP contribution in [-0.4, -0.2) is 36.3 Å². The van der Waals surface area contributed by atoms with Gasteiger partial charge in [-0.2, -0.15) is 0 Å². The normalized spacial score (nSPS) is 18.9. The molecule has 0 bridgehead atoms. The topological polar surface area (TPSA) is 120 Å². The Labute approximate surface area is 181 Å². The first-order valence-electron chi connectivity index (χ1n) is 10.3. The molecule has 164 valence electrons. The average molecular weight is 426 g/mol. The Morgan fingerprint density at radius 2 is 1.97 bits per heavy atom. The van der Waals surface area contributed by atoms with Crippen LogP contribution < -0.4 is 21.7 Å². The van der Waals surface area contributed by atoms with E-state index in [1.54, 1.807) is 44.2 Å². The summed E-state index contributed by atoms with van der Waals surface area (Å²) in [6, 6.07) is 11.1. The molecule has 1 heterocycles. The second-order valence-corrected chi connectivity index (χ2v) is 7.96. The second-order valence-electron chi connectivity index (χ2n) is 7.96. The Morgan fingerprint density at radius 3 is 2.61 bits per heavy atom. The monoisotopic (exact) mass is 425 g/mol. The molecule has 0 aliphatic carbocycles. The van der Waals surface area contributed by atoms with Crippen molar-refractivity contribution in [1.82, 2.24) is 16.0 Å². The van der Waals surface area contributed by atoms with E-state index in [9.17, 15) is 14.0 Å². The van der Waals surface area contributed by atoms with E-state index in [-0.39, 0.29) is 29.4 Å². The van der Waals surface area contributed by atoms with E-state index in [1.165, 1.54) is 6.07 Å². The van der Waals surface area contributed by atoms with Gasteiger partial charge in [-0.15, -0.1) is 0 Å². The highest BCUT2D eigenvalue weighted by molar-refractivity contribution is 5.95. The van der Waals surface area contributed by atoms with E-state index in [4.69, 9.17) is 11.1 Å². The molecule has 6 N–H and O–H groups in total. The molecular weight excluding hydrogens is 397 g/mol. The van der Waals surface area contributed by atoms with Crippen LogP contribution in [0.2, 0.25) is 0 Å². The molecular formula is C23H28FN5O2. The smallest absolute Gasteiger partial charge is 0.242 e. The summed E-state index contributed by atoms with van der Waals surface area (Å²) in [4.78, 5) is 24.9. The highest BCUT2D eigenvalue weighted by Crippen LogP contribution is 2.27. The summed E-state index contributed by atoms with van der Waals surface area (Å²) in [5.74, 6) is -0.746. The van der Waals surface area contributed by atoms with Crippen molar-refractivity contribution in [3.8, 4) is 0 Å². The first-order chi connectivity index (χ1) is 14.7. The molecule has 0 aromatic heterocycles. The van der Waals surface area contributed by atoms with Gasteiger partial charge in [-0.25, -0.2) is 4.39 Å². The number of benzene rings is 2. The zero-order valence-electron chi connectivity index (χ0n) is 17.7. The lowest BCUT2D eigenvalue weighted by Gasteiger charge is -2.17. The molecule has 3 rings (SSSR count). The van der Waals surface area contributed by atoms with Gasteiger partial charge in [0.1, 0.15) is 17.7 Å². The number of rotatable bonds is 7. The Morgan fingerprint density at radius 1 is 1.26 bits per heavy atom. The molecule has 2 amide bonds. The maximum Gasteiger partial charge on any atom is 0.242 e. The van der Waals surface area contributed by atoms with Crippen molar-refractivity contribution in [3.05, 3.63) is 70.5 Å². The zero-order chi connectivity index (χ0) is 22.5. The third-order valence-corrected chi connectivity index (χ3v) is 5.60. The minimum Gasteiger partial charge on any atom is -0.384 e. The minimum atomic E-state index is -0.693. The predicted molar refractivity (Wildman–Crippen MR) is 117 cm³/mol.